The van der Waals surface area contributed by atoms with Gasteiger partial charge in [0, 0.05) is 0 Å². The molecule has 2 heterocycles. The van der Waals surface area contributed by atoms with E-state index in [2.05, 4.69) is 10.1 Å². The molecule has 10 heteroatoms. The second-order valence-electron chi connectivity index (χ2n) is 7.67. The summed E-state index contributed by atoms with van der Waals surface area (Å²) in [5.41, 5.74) is 1.58. The van der Waals surface area contributed by atoms with Gasteiger partial charge in [-0.3, -0.25) is 9.69 Å². The van der Waals surface area contributed by atoms with Crippen molar-refractivity contribution in [2.75, 3.05) is 21.3 Å². The van der Waals surface area contributed by atoms with Gasteiger partial charge in [-0.15, -0.1) is 0 Å². The molecule has 0 atom stereocenters. The molecule has 3 aromatic rings. The Bertz CT molecular complexity index is 1290. The van der Waals surface area contributed by atoms with E-state index in [9.17, 15) is 14.4 Å². The monoisotopic (exact) mass is 492 g/mol. The first-order chi connectivity index (χ1) is 17.4. The molecule has 1 saturated heterocycles. The third-order valence-electron chi connectivity index (χ3n) is 5.34. The van der Waals surface area contributed by atoms with E-state index in [0.29, 0.717) is 29.4 Å². The van der Waals surface area contributed by atoms with Crippen LogP contribution in [0.5, 0.6) is 17.2 Å². The number of urea groups is 1. The maximum atomic E-state index is 12.9. The zero-order chi connectivity index (χ0) is 25.7. The number of benzene rings is 2. The molecule has 0 saturated carbocycles. The highest BCUT2D eigenvalue weighted by atomic mass is 16.5. The molecule has 1 fully saturated rings. The normalized spacial score (nSPS) is 14.1. The van der Waals surface area contributed by atoms with Gasteiger partial charge in [-0.25, -0.2) is 9.59 Å². The molecule has 1 aliphatic heterocycles. The van der Waals surface area contributed by atoms with Crippen LogP contribution in [-0.2, 0) is 22.7 Å². The number of imide groups is 1. The largest absolute Gasteiger partial charge is 0.493 e. The molecule has 1 aliphatic rings. The SMILES string of the molecule is COC(=O)c1ccc(CN2C(=O)NC(=Cc3cc(OC)c(OCc4ccccc4)c(OC)c3)C2=O)o1. The summed E-state index contributed by atoms with van der Waals surface area (Å²) in [5.74, 6) is 0.228. The standard InChI is InChI=1S/C26H24N2O8/c1-32-21-12-17(13-22(33-2)23(21)35-15-16-7-5-4-6-8-16)11-19-24(29)28(26(31)27-19)14-18-9-10-20(36-18)25(30)34-3/h4-13H,14-15H2,1-3H3,(H,27,31). The predicted molar refractivity (Wildman–Crippen MR) is 127 cm³/mol. The number of hydrogen-bond acceptors (Lipinski definition) is 8. The zero-order valence-corrected chi connectivity index (χ0v) is 19.9. The number of amides is 3. The summed E-state index contributed by atoms with van der Waals surface area (Å²) in [4.78, 5) is 37.9. The van der Waals surface area contributed by atoms with Crippen LogP contribution in [0, 0.1) is 0 Å². The molecule has 0 spiro atoms. The molecule has 0 bridgehead atoms. The summed E-state index contributed by atoms with van der Waals surface area (Å²) in [7, 11) is 4.22. The minimum absolute atomic E-state index is 0.0240. The summed E-state index contributed by atoms with van der Waals surface area (Å²) < 4.78 is 26.9. The summed E-state index contributed by atoms with van der Waals surface area (Å²) in [5, 5.41) is 2.55. The number of methoxy groups -OCH3 is 3. The summed E-state index contributed by atoms with van der Waals surface area (Å²) in [6, 6.07) is 15.3. The van der Waals surface area contributed by atoms with Crippen LogP contribution in [-0.4, -0.2) is 44.1 Å². The molecule has 1 N–H and O–H groups in total. The van der Waals surface area contributed by atoms with E-state index < -0.39 is 17.9 Å². The third-order valence-corrected chi connectivity index (χ3v) is 5.34. The van der Waals surface area contributed by atoms with Gasteiger partial charge in [-0.2, -0.15) is 0 Å². The fraction of sp³-hybridized carbons (Fsp3) is 0.192. The molecule has 2 aromatic carbocycles. The third kappa shape index (κ3) is 5.17. The second-order valence-corrected chi connectivity index (χ2v) is 7.67. The van der Waals surface area contributed by atoms with Gasteiger partial charge in [-0.05, 0) is 41.5 Å². The van der Waals surface area contributed by atoms with Crippen LogP contribution in [0.3, 0.4) is 0 Å². The average Bonchev–Trinajstić information content (AvgIpc) is 3.47. The van der Waals surface area contributed by atoms with Crippen molar-refractivity contribution in [1.29, 1.82) is 0 Å². The first-order valence-corrected chi connectivity index (χ1v) is 10.9. The van der Waals surface area contributed by atoms with E-state index in [4.69, 9.17) is 18.6 Å². The summed E-state index contributed by atoms with van der Waals surface area (Å²) in [6.07, 6.45) is 1.51. The maximum absolute atomic E-state index is 12.9. The number of hydrogen-bond donors (Lipinski definition) is 1. The molecule has 1 aromatic heterocycles. The van der Waals surface area contributed by atoms with Crippen molar-refractivity contribution < 1.29 is 37.7 Å². The number of rotatable bonds is 9. The van der Waals surface area contributed by atoms with Gasteiger partial charge in [0.05, 0.1) is 27.9 Å². The van der Waals surface area contributed by atoms with Gasteiger partial charge in [-0.1, -0.05) is 30.3 Å². The van der Waals surface area contributed by atoms with Crippen molar-refractivity contribution in [3.63, 3.8) is 0 Å². The number of nitrogens with one attached hydrogen (secondary N) is 1. The van der Waals surface area contributed by atoms with Gasteiger partial charge in [0.2, 0.25) is 11.5 Å². The maximum Gasteiger partial charge on any atom is 0.373 e. The Balaban J connectivity index is 1.54. The van der Waals surface area contributed by atoms with E-state index in [1.807, 2.05) is 30.3 Å². The summed E-state index contributed by atoms with van der Waals surface area (Å²) in [6.45, 7) is 0.153. The first kappa shape index (κ1) is 24.4. The van der Waals surface area contributed by atoms with Crippen molar-refractivity contribution in [3.8, 4) is 17.2 Å². The highest BCUT2D eigenvalue weighted by Gasteiger charge is 2.34. The molecule has 186 valence electrons. The number of esters is 1. The Kier molecular flexibility index (Phi) is 7.24. The Morgan fingerprint density at radius 3 is 2.33 bits per heavy atom. The molecular weight excluding hydrogens is 468 g/mol. The Morgan fingerprint density at radius 1 is 1.00 bits per heavy atom. The first-order valence-electron chi connectivity index (χ1n) is 10.9. The molecule has 0 aliphatic carbocycles. The lowest BCUT2D eigenvalue weighted by molar-refractivity contribution is -0.123. The molecule has 36 heavy (non-hydrogen) atoms. The van der Waals surface area contributed by atoms with Crippen LogP contribution in [0.2, 0.25) is 0 Å². The molecule has 10 nitrogen and oxygen atoms in total. The zero-order valence-electron chi connectivity index (χ0n) is 19.9. The van der Waals surface area contributed by atoms with E-state index in [0.717, 1.165) is 10.5 Å². The van der Waals surface area contributed by atoms with Crippen LogP contribution >= 0.6 is 0 Å². The van der Waals surface area contributed by atoms with E-state index in [-0.39, 0.29) is 23.8 Å². The van der Waals surface area contributed by atoms with Gasteiger partial charge in [0.15, 0.2) is 11.5 Å². The number of ether oxygens (including phenoxy) is 4. The Morgan fingerprint density at radius 2 is 1.69 bits per heavy atom. The van der Waals surface area contributed by atoms with Gasteiger partial charge in [0.1, 0.15) is 18.1 Å². The Labute approximate surface area is 207 Å². The number of carbonyl (C=O) groups excluding carboxylic acids is 3. The van der Waals surface area contributed by atoms with Crippen LogP contribution in [0.1, 0.15) is 27.4 Å². The average molecular weight is 492 g/mol. The second kappa shape index (κ2) is 10.7. The molecule has 0 unspecified atom stereocenters. The molecule has 4 rings (SSSR count). The lowest BCUT2D eigenvalue weighted by atomic mass is 10.1. The number of nitrogens with zero attached hydrogens (tertiary/aromatic N) is 1. The van der Waals surface area contributed by atoms with Crippen molar-refractivity contribution >= 4 is 24.0 Å². The fourth-order valence-corrected chi connectivity index (χ4v) is 3.57. The minimum atomic E-state index is -0.655. The predicted octanol–water partition coefficient (Wildman–Crippen LogP) is 3.76. The van der Waals surface area contributed by atoms with Crippen molar-refractivity contribution in [2.45, 2.75) is 13.2 Å². The molecule has 0 radical (unpaired) electrons. The summed E-state index contributed by atoms with van der Waals surface area (Å²) >= 11 is 0. The lowest BCUT2D eigenvalue weighted by Crippen LogP contribution is -2.30. The van der Waals surface area contributed by atoms with E-state index in [1.165, 1.54) is 39.5 Å². The smallest absolute Gasteiger partial charge is 0.373 e. The van der Waals surface area contributed by atoms with Crippen LogP contribution in [0.25, 0.3) is 6.08 Å². The topological polar surface area (TPSA) is 117 Å². The quantitative estimate of drug-likeness (QED) is 0.273. The lowest BCUT2D eigenvalue weighted by Gasteiger charge is -2.15. The molecular formula is C26H24N2O8. The van der Waals surface area contributed by atoms with Gasteiger partial charge < -0.3 is 28.7 Å². The van der Waals surface area contributed by atoms with E-state index in [1.54, 1.807) is 12.1 Å². The fourth-order valence-electron chi connectivity index (χ4n) is 3.57. The Hall–Kier alpha value is -4.73. The number of carbonyl (C=O) groups is 3. The van der Waals surface area contributed by atoms with Crippen LogP contribution in [0.15, 0.2) is 64.7 Å². The van der Waals surface area contributed by atoms with Crippen molar-refractivity contribution in [3.05, 3.63) is 82.9 Å². The van der Waals surface area contributed by atoms with Crippen molar-refractivity contribution in [1.82, 2.24) is 10.2 Å². The van der Waals surface area contributed by atoms with Gasteiger partial charge in [0.25, 0.3) is 5.91 Å². The van der Waals surface area contributed by atoms with Crippen LogP contribution in [0.4, 0.5) is 4.79 Å². The van der Waals surface area contributed by atoms with Gasteiger partial charge >= 0.3 is 12.0 Å². The van der Waals surface area contributed by atoms with Crippen molar-refractivity contribution in [2.24, 2.45) is 0 Å². The minimum Gasteiger partial charge on any atom is -0.493 e. The van der Waals surface area contributed by atoms with E-state index >= 15 is 0 Å². The number of furan rings is 1. The molecule has 3 amide bonds. The highest BCUT2D eigenvalue weighted by Crippen LogP contribution is 2.39. The van der Waals surface area contributed by atoms with Crippen LogP contribution < -0.4 is 19.5 Å². The highest BCUT2D eigenvalue weighted by molar-refractivity contribution is 6.13.